The molecule has 3 heterocycles. The van der Waals surface area contributed by atoms with E-state index in [1.165, 1.54) is 11.1 Å². The van der Waals surface area contributed by atoms with E-state index < -0.39 is 0 Å². The van der Waals surface area contributed by atoms with Gasteiger partial charge in [0.1, 0.15) is 0 Å². The smallest absolute Gasteiger partial charge is 0.237 e. The Bertz CT molecular complexity index is 759. The van der Waals surface area contributed by atoms with Gasteiger partial charge >= 0.3 is 0 Å². The van der Waals surface area contributed by atoms with Crippen molar-refractivity contribution >= 4 is 11.8 Å². The van der Waals surface area contributed by atoms with Gasteiger partial charge < -0.3 is 20.0 Å². The number of piperidine rings is 1. The molecule has 0 bridgehead atoms. The molecule has 3 aliphatic rings. The summed E-state index contributed by atoms with van der Waals surface area (Å²) in [6.07, 6.45) is 1.89. The summed E-state index contributed by atoms with van der Waals surface area (Å²) < 4.78 is 0. The lowest BCUT2D eigenvalue weighted by molar-refractivity contribution is -0.136. The predicted octanol–water partition coefficient (Wildman–Crippen LogP) is 1.51. The summed E-state index contributed by atoms with van der Waals surface area (Å²) in [6.45, 7) is 6.77. The fourth-order valence-corrected chi connectivity index (χ4v) is 5.49. The number of carbonyl (C=O) groups excluding carboxylic acids is 2. The number of hydrogen-bond acceptors (Lipinski definition) is 4. The minimum atomic E-state index is 0.0690. The molecule has 3 atom stereocenters. The molecule has 6 nitrogen and oxygen atoms in total. The Balaban J connectivity index is 1.56. The quantitative estimate of drug-likeness (QED) is 0.836. The Hall–Kier alpha value is -1.92. The van der Waals surface area contributed by atoms with Crippen molar-refractivity contribution in [2.45, 2.75) is 25.8 Å². The topological polar surface area (TPSA) is 55.9 Å². The lowest BCUT2D eigenvalue weighted by Gasteiger charge is -2.33. The molecule has 4 rings (SSSR count). The minimum absolute atomic E-state index is 0.0690. The number of fused-ring (bicyclic) bond motifs is 1. The number of aryl methyl sites for hydroxylation is 1. The molecule has 1 aromatic rings. The van der Waals surface area contributed by atoms with E-state index >= 15 is 0 Å². The van der Waals surface area contributed by atoms with Crippen LogP contribution in [0.4, 0.5) is 0 Å². The van der Waals surface area contributed by atoms with Crippen LogP contribution in [0, 0.1) is 24.7 Å². The van der Waals surface area contributed by atoms with Crippen molar-refractivity contribution < 1.29 is 9.59 Å². The standard InChI is InChI=1S/C23H34N4O2/c1-16-6-4-5-7-19(16)22-20-14-26(23(29)17-8-10-24-11-9-17)12-18(20)13-27(22)21(28)15-25(2)3/h4-7,17-18,20,22,24H,8-15H2,1-3H3/t18-,20-,22+/m1/s1. The fraction of sp³-hybridized carbons (Fsp3) is 0.652. The largest absolute Gasteiger partial charge is 0.342 e. The van der Waals surface area contributed by atoms with Crippen LogP contribution >= 0.6 is 0 Å². The first-order valence-electron chi connectivity index (χ1n) is 10.9. The first-order valence-corrected chi connectivity index (χ1v) is 10.9. The summed E-state index contributed by atoms with van der Waals surface area (Å²) in [5.41, 5.74) is 2.47. The van der Waals surface area contributed by atoms with E-state index in [4.69, 9.17) is 0 Å². The molecule has 1 N–H and O–H groups in total. The van der Waals surface area contributed by atoms with Gasteiger partial charge in [0.2, 0.25) is 11.8 Å². The highest BCUT2D eigenvalue weighted by Crippen LogP contribution is 2.46. The molecule has 0 aliphatic carbocycles. The van der Waals surface area contributed by atoms with E-state index in [1.807, 2.05) is 19.0 Å². The van der Waals surface area contributed by atoms with Crippen LogP contribution in [0.2, 0.25) is 0 Å². The molecule has 1 aromatic carbocycles. The van der Waals surface area contributed by atoms with Crippen molar-refractivity contribution in [3.05, 3.63) is 35.4 Å². The van der Waals surface area contributed by atoms with Crippen molar-refractivity contribution in [2.24, 2.45) is 17.8 Å². The minimum Gasteiger partial charge on any atom is -0.342 e. The number of nitrogens with one attached hydrogen (secondary N) is 1. The van der Waals surface area contributed by atoms with Crippen LogP contribution in [0.25, 0.3) is 0 Å². The zero-order valence-corrected chi connectivity index (χ0v) is 17.9. The maximum Gasteiger partial charge on any atom is 0.237 e. The normalized spacial score (nSPS) is 27.5. The fourth-order valence-electron chi connectivity index (χ4n) is 5.49. The molecular formula is C23H34N4O2. The highest BCUT2D eigenvalue weighted by molar-refractivity contribution is 5.81. The monoisotopic (exact) mass is 398 g/mol. The molecule has 0 radical (unpaired) electrons. The van der Waals surface area contributed by atoms with Crippen LogP contribution < -0.4 is 5.32 Å². The number of hydrogen-bond donors (Lipinski definition) is 1. The van der Waals surface area contributed by atoms with Gasteiger partial charge in [-0.25, -0.2) is 0 Å². The zero-order valence-electron chi connectivity index (χ0n) is 17.9. The molecule has 29 heavy (non-hydrogen) atoms. The highest BCUT2D eigenvalue weighted by atomic mass is 16.2. The average molecular weight is 399 g/mol. The van der Waals surface area contributed by atoms with Crippen molar-refractivity contribution in [2.75, 3.05) is 53.4 Å². The van der Waals surface area contributed by atoms with Crippen molar-refractivity contribution in [1.29, 1.82) is 0 Å². The molecule has 3 saturated heterocycles. The van der Waals surface area contributed by atoms with Gasteiger partial charge in [0.05, 0.1) is 12.6 Å². The van der Waals surface area contributed by atoms with Gasteiger partial charge in [-0.2, -0.15) is 0 Å². The second-order valence-corrected chi connectivity index (χ2v) is 9.28. The second-order valence-electron chi connectivity index (χ2n) is 9.28. The summed E-state index contributed by atoms with van der Waals surface area (Å²) in [7, 11) is 3.88. The Morgan fingerprint density at radius 3 is 2.52 bits per heavy atom. The Kier molecular flexibility index (Phi) is 5.93. The Labute approximate surface area is 174 Å². The number of likely N-dealkylation sites (tertiary alicyclic amines) is 2. The van der Waals surface area contributed by atoms with Crippen molar-refractivity contribution in [3.8, 4) is 0 Å². The Morgan fingerprint density at radius 2 is 1.83 bits per heavy atom. The highest BCUT2D eigenvalue weighted by Gasteiger charge is 2.50. The zero-order chi connectivity index (χ0) is 20.5. The Morgan fingerprint density at radius 1 is 1.10 bits per heavy atom. The summed E-state index contributed by atoms with van der Waals surface area (Å²) in [5.74, 6) is 1.38. The number of rotatable bonds is 4. The summed E-state index contributed by atoms with van der Waals surface area (Å²) in [4.78, 5) is 32.3. The van der Waals surface area contributed by atoms with Crippen molar-refractivity contribution in [3.63, 3.8) is 0 Å². The van der Waals surface area contributed by atoms with Crippen LogP contribution in [0.3, 0.4) is 0 Å². The second kappa shape index (κ2) is 8.44. The number of benzene rings is 1. The van der Waals surface area contributed by atoms with Crippen molar-refractivity contribution in [1.82, 2.24) is 20.0 Å². The molecular weight excluding hydrogens is 364 g/mol. The van der Waals surface area contributed by atoms with Gasteiger partial charge in [-0.1, -0.05) is 24.3 Å². The van der Waals surface area contributed by atoms with E-state index in [1.54, 1.807) is 0 Å². The molecule has 0 saturated carbocycles. The molecule has 0 aromatic heterocycles. The number of likely N-dealkylation sites (N-methyl/N-ethyl adjacent to an activating group) is 1. The molecule has 3 aliphatic heterocycles. The van der Waals surface area contributed by atoms with Crippen LogP contribution in [-0.2, 0) is 9.59 Å². The molecule has 3 fully saturated rings. The van der Waals surface area contributed by atoms with Gasteiger partial charge in [0.25, 0.3) is 0 Å². The first kappa shape index (κ1) is 20.4. The maximum atomic E-state index is 13.1. The van der Waals surface area contributed by atoms with Gasteiger partial charge in [-0.3, -0.25) is 9.59 Å². The third-order valence-electron chi connectivity index (χ3n) is 6.94. The van der Waals surface area contributed by atoms with Gasteiger partial charge in [-0.05, 0) is 58.1 Å². The predicted molar refractivity (Wildman–Crippen MR) is 113 cm³/mol. The van der Waals surface area contributed by atoms with E-state index in [0.29, 0.717) is 24.3 Å². The van der Waals surface area contributed by atoms with Crippen LogP contribution in [-0.4, -0.2) is 79.9 Å². The summed E-state index contributed by atoms with van der Waals surface area (Å²) >= 11 is 0. The maximum absolute atomic E-state index is 13.1. The van der Waals surface area contributed by atoms with E-state index in [0.717, 1.165) is 45.6 Å². The van der Waals surface area contributed by atoms with Gasteiger partial charge in [0, 0.05) is 37.4 Å². The van der Waals surface area contributed by atoms with Crippen LogP contribution in [0.1, 0.15) is 30.0 Å². The molecule has 2 amide bonds. The molecule has 0 spiro atoms. The van der Waals surface area contributed by atoms with E-state index in [-0.39, 0.29) is 17.9 Å². The van der Waals surface area contributed by atoms with E-state index in [9.17, 15) is 9.59 Å². The van der Waals surface area contributed by atoms with Crippen LogP contribution in [0.5, 0.6) is 0 Å². The summed E-state index contributed by atoms with van der Waals surface area (Å²) in [5, 5.41) is 3.35. The average Bonchev–Trinajstić information content (AvgIpc) is 3.26. The third-order valence-corrected chi connectivity index (χ3v) is 6.94. The molecule has 158 valence electrons. The first-order chi connectivity index (χ1) is 14.0. The SMILES string of the molecule is Cc1ccccc1[C@H]1[C@@H]2CN(C(=O)C3CCNCC3)C[C@@H]2CN1C(=O)CN(C)C. The van der Waals surface area contributed by atoms with Crippen LogP contribution in [0.15, 0.2) is 24.3 Å². The third kappa shape index (κ3) is 4.05. The molecule has 6 heteroatoms. The molecule has 0 unspecified atom stereocenters. The lowest BCUT2D eigenvalue weighted by atomic mass is 9.87. The number of nitrogens with zero attached hydrogens (tertiary/aromatic N) is 3. The van der Waals surface area contributed by atoms with Gasteiger partial charge in [-0.15, -0.1) is 0 Å². The summed E-state index contributed by atoms with van der Waals surface area (Å²) in [6, 6.07) is 8.48. The van der Waals surface area contributed by atoms with E-state index in [2.05, 4.69) is 46.3 Å². The van der Waals surface area contributed by atoms with Gasteiger partial charge in [0.15, 0.2) is 0 Å². The number of carbonyl (C=O) groups is 2. The lowest BCUT2D eigenvalue weighted by Crippen LogP contribution is -2.43. The number of amides is 2.